The number of nitrogens with zero attached hydrogens (tertiary/aromatic N) is 4. The molecule has 0 spiro atoms. The first kappa shape index (κ1) is 15.3. The molecule has 0 unspecified atom stereocenters. The van der Waals surface area contributed by atoms with Gasteiger partial charge in [0.1, 0.15) is 24.1 Å². The number of hydrogen-bond donors (Lipinski definition) is 1. The Morgan fingerprint density at radius 1 is 1.04 bits per heavy atom. The Labute approximate surface area is 143 Å². The van der Waals surface area contributed by atoms with E-state index < -0.39 is 0 Å². The van der Waals surface area contributed by atoms with Gasteiger partial charge in [-0.2, -0.15) is 5.10 Å². The van der Waals surface area contributed by atoms with Crippen LogP contribution in [-0.2, 0) is 0 Å². The van der Waals surface area contributed by atoms with Gasteiger partial charge in [0.15, 0.2) is 5.84 Å². The molecule has 25 heavy (non-hydrogen) atoms. The fourth-order valence-corrected chi connectivity index (χ4v) is 2.89. The molecule has 0 aliphatic carbocycles. The van der Waals surface area contributed by atoms with Gasteiger partial charge in [0.2, 0.25) is 0 Å². The maximum atomic E-state index is 14.3. The van der Waals surface area contributed by atoms with Crippen molar-refractivity contribution >= 4 is 23.4 Å². The van der Waals surface area contributed by atoms with Crippen LogP contribution in [0.25, 0.3) is 0 Å². The summed E-state index contributed by atoms with van der Waals surface area (Å²) in [4.78, 5) is 3.38. The molecule has 2 aliphatic rings. The van der Waals surface area contributed by atoms with Crippen LogP contribution in [0.1, 0.15) is 5.56 Å². The molecule has 0 atom stereocenters. The summed E-state index contributed by atoms with van der Waals surface area (Å²) >= 11 is 0. The van der Waals surface area contributed by atoms with Crippen molar-refractivity contribution in [3.05, 3.63) is 71.1 Å². The summed E-state index contributed by atoms with van der Waals surface area (Å²) in [5.41, 5.74) is 8.31. The fraction of sp³-hybridized carbons (Fsp3) is 0.111. The first-order valence-electron chi connectivity index (χ1n) is 7.73. The van der Waals surface area contributed by atoms with Gasteiger partial charge < -0.3 is 15.5 Å². The van der Waals surface area contributed by atoms with Crippen molar-refractivity contribution in [2.75, 3.05) is 16.5 Å². The van der Waals surface area contributed by atoms with Gasteiger partial charge in [-0.25, -0.2) is 8.78 Å². The molecule has 0 saturated carbocycles. The molecule has 0 aromatic heterocycles. The molecule has 0 radical (unpaired) electrons. The monoisotopic (exact) mass is 339 g/mol. The van der Waals surface area contributed by atoms with Crippen molar-refractivity contribution in [1.29, 1.82) is 0 Å². The van der Waals surface area contributed by atoms with E-state index in [4.69, 9.17) is 5.73 Å². The molecule has 0 bridgehead atoms. The van der Waals surface area contributed by atoms with E-state index in [0.29, 0.717) is 34.2 Å². The van der Waals surface area contributed by atoms with Crippen LogP contribution in [0.5, 0.6) is 0 Å². The van der Waals surface area contributed by atoms with E-state index in [2.05, 4.69) is 10.2 Å². The highest BCUT2D eigenvalue weighted by atomic mass is 19.1. The summed E-state index contributed by atoms with van der Waals surface area (Å²) in [6.45, 7) is 1.89. The molecular formula is C18H15F2N5. The Morgan fingerprint density at radius 2 is 1.84 bits per heavy atom. The lowest BCUT2D eigenvalue weighted by atomic mass is 10.1. The lowest BCUT2D eigenvalue weighted by molar-refractivity contribution is 0.616. The van der Waals surface area contributed by atoms with E-state index >= 15 is 0 Å². The van der Waals surface area contributed by atoms with Crippen LogP contribution in [-0.4, -0.2) is 18.7 Å². The number of aryl methyl sites for hydroxylation is 1. The van der Waals surface area contributed by atoms with Crippen LogP contribution in [0.15, 0.2) is 64.1 Å². The van der Waals surface area contributed by atoms with Crippen LogP contribution >= 0.6 is 0 Å². The lowest BCUT2D eigenvalue weighted by Gasteiger charge is -2.38. The minimum absolute atomic E-state index is 0.195. The number of nitrogens with two attached hydrogens (primary N) is 1. The third-order valence-corrected chi connectivity index (χ3v) is 4.30. The highest BCUT2D eigenvalue weighted by molar-refractivity contribution is 6.25. The first-order chi connectivity index (χ1) is 12.1. The lowest BCUT2D eigenvalue weighted by Crippen LogP contribution is -2.49. The summed E-state index contributed by atoms with van der Waals surface area (Å²) in [6.07, 6.45) is 1.52. The molecule has 5 nitrogen and oxygen atoms in total. The third-order valence-electron chi connectivity index (χ3n) is 4.30. The normalized spacial score (nSPS) is 16.4. The Bertz CT molecular complexity index is 948. The zero-order valence-corrected chi connectivity index (χ0v) is 13.4. The third kappa shape index (κ3) is 2.44. The predicted octanol–water partition coefficient (Wildman–Crippen LogP) is 3.13. The molecule has 7 heteroatoms. The van der Waals surface area contributed by atoms with Crippen LogP contribution in [0, 0.1) is 18.6 Å². The molecule has 2 heterocycles. The van der Waals surface area contributed by atoms with Crippen molar-refractivity contribution in [2.24, 2.45) is 15.9 Å². The minimum atomic E-state index is -0.382. The molecule has 2 aliphatic heterocycles. The molecule has 0 saturated heterocycles. The number of amidine groups is 1. The number of halogens is 2. The zero-order valence-electron chi connectivity index (χ0n) is 13.4. The van der Waals surface area contributed by atoms with Gasteiger partial charge in [0, 0.05) is 5.69 Å². The van der Waals surface area contributed by atoms with Crippen molar-refractivity contribution < 1.29 is 8.78 Å². The maximum Gasteiger partial charge on any atom is 0.169 e. The Balaban J connectivity index is 1.83. The van der Waals surface area contributed by atoms with E-state index in [0.717, 1.165) is 0 Å². The molecular weight excluding hydrogens is 324 g/mol. The first-order valence-corrected chi connectivity index (χ1v) is 7.73. The predicted molar refractivity (Wildman–Crippen MR) is 94.5 cm³/mol. The van der Waals surface area contributed by atoms with Crippen LogP contribution in [0.4, 0.5) is 20.2 Å². The Morgan fingerprint density at radius 3 is 2.60 bits per heavy atom. The number of anilines is 2. The van der Waals surface area contributed by atoms with Crippen molar-refractivity contribution in [3.8, 4) is 0 Å². The molecule has 126 valence electrons. The van der Waals surface area contributed by atoms with Gasteiger partial charge >= 0.3 is 0 Å². The standard InChI is InChI=1S/C18H15F2N5/c1-11-6-7-12(8-15(11)20)24-10-25(16-5-3-2-4-14(16)19)18-13(17(24)21)9-22-23-18/h2-9H,10,21H2,1H3. The molecule has 0 fully saturated rings. The Kier molecular flexibility index (Phi) is 3.49. The van der Waals surface area contributed by atoms with E-state index in [1.807, 2.05) is 0 Å². The SMILES string of the molecule is Cc1ccc(N2CN(c3ccccc3F)C3=NN=CC3=C2N)cc1F. The zero-order chi connectivity index (χ0) is 17.6. The van der Waals surface area contributed by atoms with E-state index in [-0.39, 0.29) is 18.3 Å². The second kappa shape index (κ2) is 5.70. The molecule has 2 aromatic carbocycles. The average molecular weight is 339 g/mol. The second-order valence-electron chi connectivity index (χ2n) is 5.85. The quantitative estimate of drug-likeness (QED) is 0.914. The summed E-state index contributed by atoms with van der Waals surface area (Å²) in [5, 5.41) is 7.98. The summed E-state index contributed by atoms with van der Waals surface area (Å²) in [6, 6.07) is 11.3. The maximum absolute atomic E-state index is 14.3. The van der Waals surface area contributed by atoms with Gasteiger partial charge in [0.25, 0.3) is 0 Å². The highest BCUT2D eigenvalue weighted by Gasteiger charge is 2.33. The molecule has 2 aromatic rings. The van der Waals surface area contributed by atoms with E-state index in [9.17, 15) is 8.78 Å². The number of fused-ring (bicyclic) bond motifs is 1. The van der Waals surface area contributed by atoms with Crippen LogP contribution < -0.4 is 15.5 Å². The fourth-order valence-electron chi connectivity index (χ4n) is 2.89. The van der Waals surface area contributed by atoms with Crippen molar-refractivity contribution in [1.82, 2.24) is 0 Å². The summed E-state index contributed by atoms with van der Waals surface area (Å²) in [7, 11) is 0. The van der Waals surface area contributed by atoms with Gasteiger partial charge in [-0.05, 0) is 36.8 Å². The average Bonchev–Trinajstić information content (AvgIpc) is 3.09. The highest BCUT2D eigenvalue weighted by Crippen LogP contribution is 2.31. The molecule has 2 N–H and O–H groups in total. The minimum Gasteiger partial charge on any atom is -0.384 e. The Hall–Kier alpha value is -3.22. The number of para-hydroxylation sites is 1. The molecule has 0 amide bonds. The van der Waals surface area contributed by atoms with Gasteiger partial charge in [-0.3, -0.25) is 0 Å². The molecule has 4 rings (SSSR count). The van der Waals surface area contributed by atoms with Crippen LogP contribution in [0.3, 0.4) is 0 Å². The number of benzene rings is 2. The smallest absolute Gasteiger partial charge is 0.169 e. The largest absolute Gasteiger partial charge is 0.384 e. The van der Waals surface area contributed by atoms with Gasteiger partial charge in [0.05, 0.1) is 17.5 Å². The van der Waals surface area contributed by atoms with Gasteiger partial charge in [-0.15, -0.1) is 5.10 Å². The van der Waals surface area contributed by atoms with E-state index in [1.165, 1.54) is 18.3 Å². The number of hydrogen-bond acceptors (Lipinski definition) is 5. The summed E-state index contributed by atoms with van der Waals surface area (Å²) in [5.74, 6) is 0.168. The van der Waals surface area contributed by atoms with Crippen molar-refractivity contribution in [2.45, 2.75) is 6.92 Å². The van der Waals surface area contributed by atoms with Crippen LogP contribution in [0.2, 0.25) is 0 Å². The van der Waals surface area contributed by atoms with Gasteiger partial charge in [-0.1, -0.05) is 18.2 Å². The second-order valence-corrected chi connectivity index (χ2v) is 5.85. The number of rotatable bonds is 2. The summed E-state index contributed by atoms with van der Waals surface area (Å²) < 4.78 is 28.3. The van der Waals surface area contributed by atoms with Crippen molar-refractivity contribution in [3.63, 3.8) is 0 Å². The topological polar surface area (TPSA) is 57.2 Å². The van der Waals surface area contributed by atoms with E-state index in [1.54, 1.807) is 47.1 Å².